The van der Waals surface area contributed by atoms with E-state index in [4.69, 9.17) is 0 Å². The lowest BCUT2D eigenvalue weighted by Crippen LogP contribution is -2.53. The van der Waals surface area contributed by atoms with Crippen LogP contribution in [0.2, 0.25) is 0 Å². The molecule has 0 saturated carbocycles. The predicted octanol–water partition coefficient (Wildman–Crippen LogP) is 14.9. The number of amides is 1. The van der Waals surface area contributed by atoms with Crippen LogP contribution in [0.15, 0.2) is 36.5 Å². The molecular weight excluding hydrogens is 743 g/mol. The molecule has 0 saturated heterocycles. The van der Waals surface area contributed by atoms with Crippen LogP contribution in [0.1, 0.15) is 271 Å². The van der Waals surface area contributed by atoms with Crippen LogP contribution in [0.25, 0.3) is 0 Å². The largest absolute Gasteiger partial charge is 0.394 e. The van der Waals surface area contributed by atoms with Gasteiger partial charge in [0.05, 0.1) is 18.8 Å². The highest BCUT2D eigenvalue weighted by Gasteiger charge is 2.28. The lowest BCUT2D eigenvalue weighted by atomic mass is 10.00. The minimum atomic E-state index is -1.29. The fourth-order valence-corrected chi connectivity index (χ4v) is 8.12. The number of carbonyl (C=O) groups excluding carboxylic acids is 1. The highest BCUT2D eigenvalue weighted by Crippen LogP contribution is 2.17. The summed E-state index contributed by atoms with van der Waals surface area (Å²) in [5.74, 6) is -0.596. The van der Waals surface area contributed by atoms with Crippen LogP contribution in [0.4, 0.5) is 0 Å². The SMILES string of the molecule is CCCCCCC/C=C/CC/C=C/CCCC(O)C(O)C(CO)NC(=O)C(O)CCCCCCCCCCCCCCCC/C=C\CCCCCCCCCCCCCC. The number of aliphatic hydroxyl groups excluding tert-OH is 4. The van der Waals surface area contributed by atoms with Crippen molar-refractivity contribution >= 4 is 5.91 Å². The second-order valence-corrected chi connectivity index (χ2v) is 18.2. The molecule has 0 aromatic carbocycles. The molecule has 354 valence electrons. The molecule has 0 bridgehead atoms. The average Bonchev–Trinajstić information content (AvgIpc) is 3.25. The number of hydrogen-bond acceptors (Lipinski definition) is 5. The van der Waals surface area contributed by atoms with Crippen molar-refractivity contribution < 1.29 is 25.2 Å². The fourth-order valence-electron chi connectivity index (χ4n) is 8.12. The summed E-state index contributed by atoms with van der Waals surface area (Å²) >= 11 is 0. The Morgan fingerprint density at radius 1 is 0.400 bits per heavy atom. The van der Waals surface area contributed by atoms with Gasteiger partial charge in [0.2, 0.25) is 5.91 Å². The molecule has 0 heterocycles. The molecule has 6 heteroatoms. The average molecular weight is 846 g/mol. The summed E-state index contributed by atoms with van der Waals surface area (Å²) in [5.41, 5.74) is 0. The van der Waals surface area contributed by atoms with Gasteiger partial charge in [-0.3, -0.25) is 4.79 Å². The van der Waals surface area contributed by atoms with Crippen molar-refractivity contribution in [3.63, 3.8) is 0 Å². The third kappa shape index (κ3) is 41.9. The summed E-state index contributed by atoms with van der Waals surface area (Å²) in [6.07, 6.45) is 59.3. The van der Waals surface area contributed by atoms with Gasteiger partial charge in [-0.2, -0.15) is 0 Å². The Bertz CT molecular complexity index is 950. The second kappa shape index (κ2) is 48.6. The number of aliphatic hydroxyl groups is 4. The van der Waals surface area contributed by atoms with E-state index in [1.807, 2.05) is 0 Å². The summed E-state index contributed by atoms with van der Waals surface area (Å²) in [5, 5.41) is 43.8. The molecule has 60 heavy (non-hydrogen) atoms. The molecular formula is C54H103NO5. The van der Waals surface area contributed by atoms with E-state index in [-0.39, 0.29) is 0 Å². The summed E-state index contributed by atoms with van der Waals surface area (Å²) < 4.78 is 0. The Hall–Kier alpha value is -1.47. The molecule has 0 rings (SSSR count). The smallest absolute Gasteiger partial charge is 0.249 e. The van der Waals surface area contributed by atoms with Crippen LogP contribution in [0.3, 0.4) is 0 Å². The minimum Gasteiger partial charge on any atom is -0.394 e. The molecule has 0 aromatic rings. The fraction of sp³-hybridized carbons (Fsp3) is 0.870. The Labute approximate surface area is 373 Å². The van der Waals surface area contributed by atoms with E-state index in [0.29, 0.717) is 19.3 Å². The van der Waals surface area contributed by atoms with Crippen molar-refractivity contribution in [3.8, 4) is 0 Å². The van der Waals surface area contributed by atoms with Crippen molar-refractivity contribution in [1.29, 1.82) is 0 Å². The molecule has 0 aliphatic carbocycles. The maximum Gasteiger partial charge on any atom is 0.249 e. The van der Waals surface area contributed by atoms with E-state index in [2.05, 4.69) is 55.6 Å². The topological polar surface area (TPSA) is 110 Å². The van der Waals surface area contributed by atoms with Crippen molar-refractivity contribution in [2.75, 3.05) is 6.61 Å². The first kappa shape index (κ1) is 58.5. The molecule has 0 aromatic heterocycles. The van der Waals surface area contributed by atoms with Gasteiger partial charge in [-0.05, 0) is 77.0 Å². The van der Waals surface area contributed by atoms with Gasteiger partial charge in [-0.1, -0.05) is 230 Å². The molecule has 4 atom stereocenters. The third-order valence-corrected chi connectivity index (χ3v) is 12.3. The van der Waals surface area contributed by atoms with Crippen LogP contribution < -0.4 is 5.32 Å². The van der Waals surface area contributed by atoms with E-state index in [9.17, 15) is 25.2 Å². The molecule has 4 unspecified atom stereocenters. The maximum atomic E-state index is 12.5. The van der Waals surface area contributed by atoms with Gasteiger partial charge < -0.3 is 25.7 Å². The first-order valence-electron chi connectivity index (χ1n) is 26.4. The van der Waals surface area contributed by atoms with E-state index in [1.54, 1.807) is 0 Å². The molecule has 0 aliphatic rings. The highest BCUT2D eigenvalue weighted by atomic mass is 16.3. The molecule has 0 fully saturated rings. The predicted molar refractivity (Wildman–Crippen MR) is 260 cm³/mol. The Morgan fingerprint density at radius 2 is 0.700 bits per heavy atom. The normalized spacial score (nSPS) is 14.2. The zero-order chi connectivity index (χ0) is 43.8. The number of rotatable bonds is 48. The zero-order valence-electron chi connectivity index (χ0n) is 40.0. The van der Waals surface area contributed by atoms with Crippen LogP contribution in [0, 0.1) is 0 Å². The standard InChI is InChI=1S/C54H103NO5/c1-3-5-7-9-11-13-15-17-19-20-21-22-23-24-25-26-27-28-29-30-31-32-33-34-36-38-40-42-44-46-48-52(58)54(60)55-50(49-56)53(59)51(57)47-45-43-41-39-37-35-18-16-14-12-10-8-6-4-2/h16,18,24-25,39,41,50-53,56-59H,3-15,17,19-23,26-38,40,42-49H2,1-2H3,(H,55,60)/b18-16+,25-24-,41-39+. The van der Waals surface area contributed by atoms with Crippen LogP contribution in [0.5, 0.6) is 0 Å². The minimum absolute atomic E-state index is 0.361. The molecule has 0 radical (unpaired) electrons. The highest BCUT2D eigenvalue weighted by molar-refractivity contribution is 5.80. The van der Waals surface area contributed by atoms with E-state index >= 15 is 0 Å². The number of allylic oxidation sites excluding steroid dienone is 6. The van der Waals surface area contributed by atoms with E-state index in [0.717, 1.165) is 38.5 Å². The van der Waals surface area contributed by atoms with Crippen LogP contribution in [-0.2, 0) is 4.79 Å². The van der Waals surface area contributed by atoms with Crippen molar-refractivity contribution in [1.82, 2.24) is 5.32 Å². The molecule has 5 N–H and O–H groups in total. The number of carbonyl (C=O) groups is 1. The van der Waals surface area contributed by atoms with Gasteiger partial charge in [0.25, 0.3) is 0 Å². The van der Waals surface area contributed by atoms with Crippen LogP contribution in [-0.4, -0.2) is 57.3 Å². The van der Waals surface area contributed by atoms with Gasteiger partial charge in [0, 0.05) is 0 Å². The van der Waals surface area contributed by atoms with E-state index < -0.39 is 36.9 Å². The second-order valence-electron chi connectivity index (χ2n) is 18.2. The van der Waals surface area contributed by atoms with Gasteiger partial charge >= 0.3 is 0 Å². The Kier molecular flexibility index (Phi) is 47.4. The third-order valence-electron chi connectivity index (χ3n) is 12.3. The lowest BCUT2D eigenvalue weighted by Gasteiger charge is -2.27. The van der Waals surface area contributed by atoms with E-state index in [1.165, 1.54) is 199 Å². The zero-order valence-corrected chi connectivity index (χ0v) is 40.0. The first-order valence-corrected chi connectivity index (χ1v) is 26.4. The molecule has 6 nitrogen and oxygen atoms in total. The van der Waals surface area contributed by atoms with Gasteiger partial charge in [-0.15, -0.1) is 0 Å². The van der Waals surface area contributed by atoms with Crippen LogP contribution >= 0.6 is 0 Å². The maximum absolute atomic E-state index is 12.5. The molecule has 0 spiro atoms. The molecule has 0 aliphatic heterocycles. The Balaban J connectivity index is 3.62. The van der Waals surface area contributed by atoms with Crippen molar-refractivity contribution in [2.24, 2.45) is 0 Å². The lowest BCUT2D eigenvalue weighted by molar-refractivity contribution is -0.132. The summed E-state index contributed by atoms with van der Waals surface area (Å²) in [6.45, 7) is 4.03. The summed E-state index contributed by atoms with van der Waals surface area (Å²) in [4.78, 5) is 12.5. The quantitative estimate of drug-likeness (QED) is 0.0309. The van der Waals surface area contributed by atoms with Gasteiger partial charge in [0.15, 0.2) is 0 Å². The van der Waals surface area contributed by atoms with Crippen molar-refractivity contribution in [2.45, 2.75) is 295 Å². The number of nitrogens with one attached hydrogen (secondary N) is 1. The van der Waals surface area contributed by atoms with Gasteiger partial charge in [0.1, 0.15) is 12.2 Å². The summed E-state index contributed by atoms with van der Waals surface area (Å²) in [6, 6.07) is -1.01. The number of unbranched alkanes of at least 4 members (excludes halogenated alkanes) is 33. The first-order chi connectivity index (χ1) is 29.5. The Morgan fingerprint density at radius 3 is 1.05 bits per heavy atom. The monoisotopic (exact) mass is 846 g/mol. The molecule has 1 amide bonds. The summed E-state index contributed by atoms with van der Waals surface area (Å²) in [7, 11) is 0. The van der Waals surface area contributed by atoms with Crippen molar-refractivity contribution in [3.05, 3.63) is 36.5 Å². The number of hydrogen-bond donors (Lipinski definition) is 5. The van der Waals surface area contributed by atoms with Gasteiger partial charge in [-0.25, -0.2) is 0 Å².